The van der Waals surface area contributed by atoms with Crippen molar-refractivity contribution in [1.82, 2.24) is 9.88 Å². The first-order valence-electron chi connectivity index (χ1n) is 10.5. The molecule has 1 unspecified atom stereocenters. The number of thiophene rings is 1. The van der Waals surface area contributed by atoms with E-state index < -0.39 is 20.6 Å². The van der Waals surface area contributed by atoms with Crippen LogP contribution in [0.2, 0.25) is 0 Å². The van der Waals surface area contributed by atoms with Gasteiger partial charge in [-0.15, -0.1) is 11.3 Å². The number of hydrogen-bond acceptors (Lipinski definition) is 8. The quantitative estimate of drug-likeness (QED) is 0.448. The van der Waals surface area contributed by atoms with E-state index in [-0.39, 0.29) is 0 Å². The Kier molecular flexibility index (Phi) is 6.27. The second-order valence-electron chi connectivity index (χ2n) is 8.23. The van der Waals surface area contributed by atoms with Gasteiger partial charge in [0.05, 0.1) is 34.9 Å². The Labute approximate surface area is 203 Å². The first-order chi connectivity index (χ1) is 15.7. The smallest absolute Gasteiger partial charge is 0.273 e. The van der Waals surface area contributed by atoms with E-state index in [1.54, 1.807) is 42.4 Å². The molecule has 33 heavy (non-hydrogen) atoms. The average molecular weight is 527 g/mol. The summed E-state index contributed by atoms with van der Waals surface area (Å²) in [5, 5.41) is 3.93. The molecule has 5 rings (SSSR count). The van der Waals surface area contributed by atoms with Crippen LogP contribution in [0.4, 0.5) is 5.69 Å². The molecule has 1 atom stereocenters. The summed E-state index contributed by atoms with van der Waals surface area (Å²) in [7, 11) is -4.43. The molecule has 0 saturated carbocycles. The zero-order valence-corrected chi connectivity index (χ0v) is 21.3. The number of aromatic nitrogens is 1. The molecule has 0 aliphatic carbocycles. The number of sulfonamides is 1. The number of thioether (sulfide) groups is 1. The van der Waals surface area contributed by atoms with Gasteiger partial charge >= 0.3 is 0 Å². The van der Waals surface area contributed by atoms with E-state index in [4.69, 9.17) is 4.99 Å². The van der Waals surface area contributed by atoms with Crippen molar-refractivity contribution in [2.24, 2.45) is 4.99 Å². The van der Waals surface area contributed by atoms with Gasteiger partial charge in [-0.05, 0) is 23.6 Å². The van der Waals surface area contributed by atoms with Crippen LogP contribution < -0.4 is 4.31 Å². The lowest BCUT2D eigenvalue weighted by molar-refractivity contribution is 0.288. The van der Waals surface area contributed by atoms with Crippen LogP contribution in [0.1, 0.15) is 5.69 Å². The first-order valence-corrected chi connectivity index (χ1v) is 15.6. The third kappa shape index (κ3) is 4.70. The number of nitrogens with zero attached hydrogens (tertiary/aromatic N) is 3. The Morgan fingerprint density at radius 3 is 2.76 bits per heavy atom. The van der Waals surface area contributed by atoms with Gasteiger partial charge in [-0.2, -0.15) is 10.6 Å². The SMILES string of the molecule is CN(c1cccc2cc(C3=NCC(CN4CCS(O)(O)CC4)S3)[nH]c12)S(=O)(=O)c1cccs1. The Morgan fingerprint density at radius 2 is 2.03 bits per heavy atom. The van der Waals surface area contributed by atoms with Crippen LogP contribution in [-0.2, 0) is 10.0 Å². The van der Waals surface area contributed by atoms with Crippen molar-refractivity contribution >= 4 is 65.3 Å². The Bertz CT molecular complexity index is 1280. The minimum Gasteiger partial charge on any atom is -0.351 e. The molecule has 178 valence electrons. The zero-order valence-electron chi connectivity index (χ0n) is 18.0. The molecule has 0 amide bonds. The van der Waals surface area contributed by atoms with E-state index in [2.05, 4.69) is 9.88 Å². The normalized spacial score (nSPS) is 22.4. The van der Waals surface area contributed by atoms with Crippen LogP contribution in [0.3, 0.4) is 0 Å². The van der Waals surface area contributed by atoms with Crippen LogP contribution >= 0.6 is 33.7 Å². The number of benzene rings is 1. The van der Waals surface area contributed by atoms with Gasteiger partial charge in [-0.3, -0.25) is 23.3 Å². The van der Waals surface area contributed by atoms with Crippen molar-refractivity contribution < 1.29 is 17.5 Å². The van der Waals surface area contributed by atoms with E-state index in [0.29, 0.717) is 46.3 Å². The summed E-state index contributed by atoms with van der Waals surface area (Å²) >= 11 is 2.92. The lowest BCUT2D eigenvalue weighted by atomic mass is 10.2. The van der Waals surface area contributed by atoms with Gasteiger partial charge in [0.1, 0.15) is 9.25 Å². The number of hydrogen-bond donors (Lipinski definition) is 3. The number of fused-ring (bicyclic) bond motifs is 1. The molecule has 2 aromatic heterocycles. The van der Waals surface area contributed by atoms with Crippen molar-refractivity contribution in [2.45, 2.75) is 9.46 Å². The predicted molar refractivity (Wildman–Crippen MR) is 140 cm³/mol. The number of para-hydroxylation sites is 1. The molecule has 2 aliphatic rings. The van der Waals surface area contributed by atoms with Gasteiger partial charge in [-0.1, -0.05) is 30.0 Å². The van der Waals surface area contributed by atoms with Gasteiger partial charge in [-0.25, -0.2) is 8.42 Å². The van der Waals surface area contributed by atoms with Gasteiger partial charge in [0.15, 0.2) is 0 Å². The van der Waals surface area contributed by atoms with E-state index >= 15 is 0 Å². The maximum atomic E-state index is 13.0. The molecule has 0 radical (unpaired) electrons. The van der Waals surface area contributed by atoms with Crippen molar-refractivity contribution in [2.75, 3.05) is 49.0 Å². The summed E-state index contributed by atoms with van der Waals surface area (Å²) in [6.45, 7) is 2.98. The van der Waals surface area contributed by atoms with E-state index in [9.17, 15) is 17.5 Å². The summed E-state index contributed by atoms with van der Waals surface area (Å²) in [6.07, 6.45) is 0. The maximum Gasteiger partial charge on any atom is 0.273 e. The summed E-state index contributed by atoms with van der Waals surface area (Å²) in [5.74, 6) is 0.898. The Balaban J connectivity index is 1.33. The third-order valence-electron chi connectivity index (χ3n) is 5.96. The van der Waals surface area contributed by atoms with Crippen LogP contribution in [0.15, 0.2) is 51.0 Å². The van der Waals surface area contributed by atoms with Crippen LogP contribution in [0.25, 0.3) is 10.9 Å². The van der Waals surface area contributed by atoms with Crippen LogP contribution in [0, 0.1) is 0 Å². The molecule has 4 heterocycles. The fraction of sp³-hybridized carbons (Fsp3) is 0.381. The standard InChI is InChI=1S/C21H26N4O4S4/c1-24(33(28,29)19-6-3-9-30-19)18-5-2-4-15-12-17(23-20(15)18)21-22-13-16(31-21)14-25-7-10-32(26,27)11-8-25/h2-6,9,12,16,23,26-27H,7-8,10-11,13-14H2,1H3. The number of nitrogens with one attached hydrogen (secondary N) is 1. The highest BCUT2D eigenvalue weighted by Gasteiger charge is 2.29. The van der Waals surface area contributed by atoms with Gasteiger partial charge in [0.2, 0.25) is 0 Å². The van der Waals surface area contributed by atoms with Gasteiger partial charge in [0, 0.05) is 37.3 Å². The monoisotopic (exact) mass is 526 g/mol. The molecule has 12 heteroatoms. The minimum atomic E-state index is -3.63. The van der Waals surface area contributed by atoms with Crippen molar-refractivity contribution in [3.8, 4) is 0 Å². The summed E-state index contributed by atoms with van der Waals surface area (Å²) in [5.41, 5.74) is 2.25. The number of aromatic amines is 1. The molecule has 2 aliphatic heterocycles. The van der Waals surface area contributed by atoms with Gasteiger partial charge in [0.25, 0.3) is 10.0 Å². The summed E-state index contributed by atoms with van der Waals surface area (Å²) in [6, 6.07) is 11.0. The Hall–Kier alpha value is -1.54. The van der Waals surface area contributed by atoms with Gasteiger partial charge < -0.3 is 4.98 Å². The molecule has 3 N–H and O–H groups in total. The number of H-pyrrole nitrogens is 1. The third-order valence-corrected chi connectivity index (χ3v) is 12.0. The number of anilines is 1. The largest absolute Gasteiger partial charge is 0.351 e. The fourth-order valence-corrected chi connectivity index (χ4v) is 8.90. The molecule has 1 saturated heterocycles. The number of rotatable bonds is 6. The fourth-order valence-electron chi connectivity index (χ4n) is 4.09. The maximum absolute atomic E-state index is 13.0. The number of aliphatic imine (C=N–C) groups is 1. The summed E-state index contributed by atoms with van der Waals surface area (Å²) < 4.78 is 47.3. The molecule has 1 fully saturated rings. The topological polar surface area (TPSA) is 109 Å². The van der Waals surface area contributed by atoms with Crippen molar-refractivity contribution in [1.29, 1.82) is 0 Å². The van der Waals surface area contributed by atoms with Crippen LogP contribution in [0.5, 0.6) is 0 Å². The second-order valence-corrected chi connectivity index (χ2v) is 15.1. The Morgan fingerprint density at radius 1 is 1.24 bits per heavy atom. The lowest BCUT2D eigenvalue weighted by Gasteiger charge is -2.41. The average Bonchev–Trinajstić information content (AvgIpc) is 3.54. The van der Waals surface area contributed by atoms with Crippen molar-refractivity contribution in [3.63, 3.8) is 0 Å². The van der Waals surface area contributed by atoms with Crippen LogP contribution in [-0.4, -0.2) is 82.4 Å². The minimum absolute atomic E-state index is 0.311. The summed E-state index contributed by atoms with van der Waals surface area (Å²) in [4.78, 5) is 10.4. The molecule has 8 nitrogen and oxygen atoms in total. The molecule has 0 bridgehead atoms. The molecule has 0 spiro atoms. The molecular formula is C21H26N4O4S4. The molecular weight excluding hydrogens is 501 g/mol. The second kappa shape index (κ2) is 8.91. The zero-order chi connectivity index (χ0) is 23.2. The molecule has 3 aromatic rings. The highest BCUT2D eigenvalue weighted by atomic mass is 32.3. The van der Waals surface area contributed by atoms with E-state index in [0.717, 1.165) is 28.2 Å². The van der Waals surface area contributed by atoms with Crippen molar-refractivity contribution in [3.05, 3.63) is 47.5 Å². The van der Waals surface area contributed by atoms with E-state index in [1.165, 1.54) is 15.6 Å². The molecule has 1 aromatic carbocycles. The highest BCUT2D eigenvalue weighted by molar-refractivity contribution is 8.24. The highest BCUT2D eigenvalue weighted by Crippen LogP contribution is 2.41. The van der Waals surface area contributed by atoms with E-state index in [1.807, 2.05) is 18.2 Å². The first kappa shape index (κ1) is 23.2. The lowest BCUT2D eigenvalue weighted by Crippen LogP contribution is -2.41. The predicted octanol–water partition coefficient (Wildman–Crippen LogP) is 3.98.